The van der Waals surface area contributed by atoms with Crippen LogP contribution in [-0.2, 0) is 16.5 Å². The monoisotopic (exact) mass is 802 g/mol. The van der Waals surface area contributed by atoms with E-state index < -0.39 is 0 Å². The first-order chi connectivity index (χ1) is 23.3. The normalized spacial score (nSPS) is 14.7. The molecule has 0 N–H and O–H groups in total. The van der Waals surface area contributed by atoms with Crippen LogP contribution in [0.15, 0.2) is 84.9 Å². The van der Waals surface area contributed by atoms with Gasteiger partial charge in [0.05, 0.1) is 11.4 Å². The van der Waals surface area contributed by atoms with Gasteiger partial charge in [0.15, 0.2) is 10.2 Å². The summed E-state index contributed by atoms with van der Waals surface area (Å²) in [7, 11) is 0. The average Bonchev–Trinajstić information content (AvgIpc) is 3.45. The number of fused-ring (bicyclic) bond motifs is 2. The Kier molecular flexibility index (Phi) is 15.1. The minimum atomic E-state index is 0. The summed E-state index contributed by atoms with van der Waals surface area (Å²) in [6.45, 7) is 6.11. The molecule has 4 nitrogen and oxygen atoms in total. The van der Waals surface area contributed by atoms with Crippen molar-refractivity contribution in [1.82, 2.24) is 9.80 Å². The Morgan fingerprint density at radius 2 is 0.796 bits per heavy atom. The summed E-state index contributed by atoms with van der Waals surface area (Å²) in [4.78, 5) is 10.6. The van der Waals surface area contributed by atoms with Crippen LogP contribution in [0, 0.1) is 0 Å². The van der Waals surface area contributed by atoms with Crippen LogP contribution in [0.25, 0.3) is 21.5 Å². The van der Waals surface area contributed by atoms with Crippen molar-refractivity contribution in [2.45, 2.75) is 65.2 Å². The molecule has 2 heterocycles. The predicted octanol–water partition coefficient (Wildman–Crippen LogP) is 11.0. The number of nitrogens with zero attached hydrogens (tertiary/aromatic N) is 4. The summed E-state index contributed by atoms with van der Waals surface area (Å²) in [5.41, 5.74) is 2.03. The number of thiocarbonyl (C=S) groups is 6. The largest absolute Gasteiger partial charge is 0.307 e. The van der Waals surface area contributed by atoms with Crippen molar-refractivity contribution in [1.29, 1.82) is 0 Å². The zero-order chi connectivity index (χ0) is 34.2. The summed E-state index contributed by atoms with van der Waals surface area (Å²) in [6, 6.07) is 28.9. The van der Waals surface area contributed by atoms with E-state index in [2.05, 4.69) is 62.4 Å². The molecular weight excluding hydrogens is 764 g/mol. The molecule has 0 atom stereocenters. The van der Waals surface area contributed by atoms with Gasteiger partial charge in [-0.2, -0.15) is 0 Å². The Balaban J connectivity index is 0.000000216. The van der Waals surface area contributed by atoms with Gasteiger partial charge >= 0.3 is 0 Å². The van der Waals surface area contributed by atoms with Crippen molar-refractivity contribution in [3.05, 3.63) is 84.9 Å². The summed E-state index contributed by atoms with van der Waals surface area (Å²) in [5, 5.41) is 6.04. The van der Waals surface area contributed by atoms with Gasteiger partial charge in [0.2, 0.25) is 0 Å². The molecule has 0 amide bonds. The van der Waals surface area contributed by atoms with Gasteiger partial charge in [0, 0.05) is 40.4 Å². The molecule has 0 radical (unpaired) electrons. The van der Waals surface area contributed by atoms with Crippen molar-refractivity contribution in [3.63, 3.8) is 0 Å². The van der Waals surface area contributed by atoms with Gasteiger partial charge in [-0.15, -0.1) is 0 Å². The van der Waals surface area contributed by atoms with E-state index in [1.165, 1.54) is 49.3 Å². The first-order valence-corrected chi connectivity index (χ1v) is 19.1. The Bertz CT molecular complexity index is 1730. The molecule has 4 aromatic rings. The van der Waals surface area contributed by atoms with Gasteiger partial charge in [0.1, 0.15) is 20.0 Å². The first kappa shape index (κ1) is 39.4. The summed E-state index contributed by atoms with van der Waals surface area (Å²) in [5.74, 6) is 0. The number of benzene rings is 4. The Labute approximate surface area is 333 Å². The van der Waals surface area contributed by atoms with Gasteiger partial charge < -0.3 is 9.80 Å². The van der Waals surface area contributed by atoms with Crippen molar-refractivity contribution in [3.8, 4) is 0 Å². The van der Waals surface area contributed by atoms with Crippen molar-refractivity contribution < 1.29 is 16.5 Å². The van der Waals surface area contributed by atoms with Gasteiger partial charge in [0.25, 0.3) is 0 Å². The SMILES string of the molecule is CCCCCCN1C(=S)C(=S)N(c2cccc3ccccc23)C1=S.CCCCCCN1C(=S)C(=S)N(c2cccc3ccccc23)C1=S.[Ni]. The van der Waals surface area contributed by atoms with Gasteiger partial charge in [-0.1, -0.05) is 174 Å². The molecule has 0 aliphatic carbocycles. The van der Waals surface area contributed by atoms with Crippen molar-refractivity contribution in [2.75, 3.05) is 22.9 Å². The Morgan fingerprint density at radius 3 is 1.18 bits per heavy atom. The molecule has 11 heteroatoms. The van der Waals surface area contributed by atoms with E-state index in [4.69, 9.17) is 73.3 Å². The topological polar surface area (TPSA) is 13.0 Å². The Morgan fingerprint density at radius 1 is 0.429 bits per heavy atom. The quantitative estimate of drug-likeness (QED) is 0.0777. The van der Waals surface area contributed by atoms with Crippen LogP contribution in [0.5, 0.6) is 0 Å². The molecule has 6 rings (SSSR count). The van der Waals surface area contributed by atoms with E-state index in [9.17, 15) is 0 Å². The van der Waals surface area contributed by atoms with Crippen LogP contribution in [0.1, 0.15) is 65.2 Å². The fraction of sp³-hybridized carbons (Fsp3) is 0.316. The minimum absolute atomic E-state index is 0. The molecule has 0 bridgehead atoms. The maximum atomic E-state index is 5.72. The molecule has 2 fully saturated rings. The zero-order valence-electron chi connectivity index (χ0n) is 27.7. The maximum Gasteiger partial charge on any atom is 0.186 e. The van der Waals surface area contributed by atoms with E-state index in [-0.39, 0.29) is 16.5 Å². The van der Waals surface area contributed by atoms with E-state index in [1.54, 1.807) is 0 Å². The standard InChI is InChI=1S/2C19H20N2S3.Ni/c2*1-2-3-4-7-13-20-17(22)18(23)21(19(20)24)16-12-8-10-14-9-5-6-11-15(14)16;/h2*5-6,8-12H,2-4,7,13H2,1H3;. The van der Waals surface area contributed by atoms with Crippen LogP contribution in [0.3, 0.4) is 0 Å². The molecule has 0 unspecified atom stereocenters. The van der Waals surface area contributed by atoms with Crippen molar-refractivity contribution >= 4 is 136 Å². The minimum Gasteiger partial charge on any atom is -0.307 e. The molecule has 258 valence electrons. The predicted molar refractivity (Wildman–Crippen MR) is 230 cm³/mol. The first-order valence-electron chi connectivity index (χ1n) is 16.7. The van der Waals surface area contributed by atoms with Crippen LogP contribution in [0.2, 0.25) is 0 Å². The molecule has 0 saturated carbocycles. The molecule has 2 saturated heterocycles. The fourth-order valence-electron chi connectivity index (χ4n) is 6.03. The molecular formula is C38H40N4NiS6. The van der Waals surface area contributed by atoms with Crippen LogP contribution in [-0.4, -0.2) is 53.1 Å². The summed E-state index contributed by atoms with van der Waals surface area (Å²) < 4.78 is 0. The summed E-state index contributed by atoms with van der Waals surface area (Å²) >= 11 is 33.8. The van der Waals surface area contributed by atoms with E-state index in [0.29, 0.717) is 30.2 Å². The third-order valence-corrected chi connectivity index (χ3v) is 11.2. The maximum absolute atomic E-state index is 5.72. The molecule has 49 heavy (non-hydrogen) atoms. The van der Waals surface area contributed by atoms with Gasteiger partial charge in [-0.25, -0.2) is 0 Å². The fourth-order valence-corrected chi connectivity index (χ4v) is 8.13. The molecule has 4 aromatic carbocycles. The van der Waals surface area contributed by atoms with Gasteiger partial charge in [-0.05, 0) is 60.2 Å². The number of rotatable bonds is 12. The Hall–Kier alpha value is -2.37. The van der Waals surface area contributed by atoms with Crippen LogP contribution >= 0.6 is 73.3 Å². The second-order valence-corrected chi connectivity index (χ2v) is 14.2. The van der Waals surface area contributed by atoms with E-state index in [0.717, 1.165) is 48.1 Å². The van der Waals surface area contributed by atoms with Crippen molar-refractivity contribution in [2.24, 2.45) is 0 Å². The molecule has 2 aliphatic heterocycles. The second kappa shape index (κ2) is 18.7. The second-order valence-electron chi connectivity index (χ2n) is 11.9. The molecule has 0 spiro atoms. The smallest absolute Gasteiger partial charge is 0.186 e. The third-order valence-electron chi connectivity index (χ3n) is 8.59. The number of hydrogen-bond donors (Lipinski definition) is 0. The zero-order valence-corrected chi connectivity index (χ0v) is 33.6. The number of unbranched alkanes of at least 4 members (excludes halogenated alkanes) is 6. The van der Waals surface area contributed by atoms with E-state index >= 15 is 0 Å². The number of hydrogen-bond acceptors (Lipinski definition) is 6. The average molecular weight is 804 g/mol. The summed E-state index contributed by atoms with van der Waals surface area (Å²) in [6.07, 6.45) is 9.47. The number of anilines is 2. The van der Waals surface area contributed by atoms with Crippen LogP contribution in [0.4, 0.5) is 11.4 Å². The molecule has 0 aromatic heterocycles. The molecule has 2 aliphatic rings. The third kappa shape index (κ3) is 8.75. The van der Waals surface area contributed by atoms with Gasteiger partial charge in [-0.3, -0.25) is 9.80 Å². The van der Waals surface area contributed by atoms with E-state index in [1.807, 2.05) is 56.0 Å². The van der Waals surface area contributed by atoms with Crippen LogP contribution < -0.4 is 9.80 Å².